The predicted molar refractivity (Wildman–Crippen MR) is 207 cm³/mol. The van der Waals surface area contributed by atoms with Gasteiger partial charge in [0.15, 0.2) is 0 Å². The van der Waals surface area contributed by atoms with E-state index in [0.717, 1.165) is 0 Å². The average molecular weight is 675 g/mol. The molecule has 0 bridgehead atoms. The molecule has 0 aromatic heterocycles. The Bertz CT molecular complexity index is 463. The Morgan fingerprint density at radius 2 is 0.457 bits per heavy atom. The highest BCUT2D eigenvalue weighted by Crippen LogP contribution is 2.17. The molecule has 0 unspecified atom stereocenters. The first kappa shape index (κ1) is 48.3. The second-order valence-corrected chi connectivity index (χ2v) is 15.6. The number of hydrogen-bond donors (Lipinski definition) is 4. The maximum atomic E-state index is 8.50. The van der Waals surface area contributed by atoms with Crippen molar-refractivity contribution in [2.75, 3.05) is 37.9 Å². The molecule has 0 aliphatic rings. The van der Waals surface area contributed by atoms with Crippen LogP contribution in [0.25, 0.3) is 0 Å². The van der Waals surface area contributed by atoms with Crippen molar-refractivity contribution in [1.29, 1.82) is 0 Å². The zero-order valence-electron chi connectivity index (χ0n) is 31.6. The van der Waals surface area contributed by atoms with Crippen molar-refractivity contribution in [1.82, 2.24) is 0 Å². The third-order valence-electron chi connectivity index (χ3n) is 9.63. The van der Waals surface area contributed by atoms with Crippen LogP contribution in [0.1, 0.15) is 219 Å². The summed E-state index contributed by atoms with van der Waals surface area (Å²) in [6, 6.07) is 0. The molecule has 280 valence electrons. The van der Waals surface area contributed by atoms with Gasteiger partial charge in [-0.05, 0) is 24.3 Å². The molecule has 0 heterocycles. The van der Waals surface area contributed by atoms with Gasteiger partial charge in [0.25, 0.3) is 0 Å². The Hall–Kier alpha value is 0.190. The monoisotopic (exact) mass is 675 g/mol. The van der Waals surface area contributed by atoms with Gasteiger partial charge in [-0.2, -0.15) is 11.8 Å². The van der Waals surface area contributed by atoms with Crippen molar-refractivity contribution in [3.05, 3.63) is 0 Å². The number of aliphatic hydroxyl groups excluding tert-OH is 4. The number of unbranched alkanes of at least 4 members (excludes halogenated alkanes) is 30. The highest BCUT2D eigenvalue weighted by Gasteiger charge is 2.26. The smallest absolute Gasteiger partial charge is 0.0627 e. The third-order valence-corrected chi connectivity index (χ3v) is 10.8. The van der Waals surface area contributed by atoms with Crippen molar-refractivity contribution in [3.8, 4) is 0 Å². The lowest BCUT2D eigenvalue weighted by molar-refractivity contribution is -0.0328. The summed E-state index contributed by atoms with van der Waals surface area (Å²) in [6.07, 6.45) is 47.2. The van der Waals surface area contributed by atoms with Gasteiger partial charge in [0.1, 0.15) is 0 Å². The molecule has 0 saturated carbocycles. The third kappa shape index (κ3) is 38.6. The molecule has 0 aliphatic heterocycles. The average Bonchev–Trinajstić information content (AvgIpc) is 3.08. The van der Waals surface area contributed by atoms with Crippen LogP contribution in [0.2, 0.25) is 0 Å². The van der Waals surface area contributed by atoms with Crippen LogP contribution in [-0.4, -0.2) is 58.4 Å². The fourth-order valence-electron chi connectivity index (χ4n) is 5.91. The number of thioether (sulfide) groups is 1. The molecule has 0 spiro atoms. The Morgan fingerprint density at radius 1 is 0.283 bits per heavy atom. The van der Waals surface area contributed by atoms with E-state index in [1.165, 1.54) is 217 Å². The van der Waals surface area contributed by atoms with Gasteiger partial charge < -0.3 is 20.4 Å². The van der Waals surface area contributed by atoms with Crippen LogP contribution in [0.4, 0.5) is 0 Å². The lowest BCUT2D eigenvalue weighted by atomic mass is 9.93. The molecule has 0 amide bonds. The summed E-state index contributed by atoms with van der Waals surface area (Å²) in [4.78, 5) is 0. The van der Waals surface area contributed by atoms with E-state index < -0.39 is 31.8 Å². The van der Waals surface area contributed by atoms with Gasteiger partial charge in [-0.1, -0.05) is 206 Å². The van der Waals surface area contributed by atoms with Gasteiger partial charge in [0.2, 0.25) is 0 Å². The molecule has 46 heavy (non-hydrogen) atoms. The molecule has 0 rings (SSSR count). The molecule has 4 nitrogen and oxygen atoms in total. The molecule has 4 N–H and O–H groups in total. The molecule has 0 fully saturated rings. The van der Waals surface area contributed by atoms with E-state index in [-0.39, 0.29) is 0 Å². The summed E-state index contributed by atoms with van der Waals surface area (Å²) in [6.45, 7) is 2.99. The van der Waals surface area contributed by atoms with Crippen LogP contribution in [0.3, 0.4) is 0 Å². The lowest BCUT2D eigenvalue weighted by Gasteiger charge is -2.23. The van der Waals surface area contributed by atoms with Crippen LogP contribution < -0.4 is 0 Å². The van der Waals surface area contributed by atoms with Crippen LogP contribution in [0.15, 0.2) is 0 Å². The summed E-state index contributed by atoms with van der Waals surface area (Å²) < 4.78 is 0. The van der Waals surface area contributed by atoms with Gasteiger partial charge in [-0.25, -0.2) is 0 Å². The molecule has 0 radical (unpaired) electrons. The fraction of sp³-hybridized carbons (Fsp3) is 1.00. The van der Waals surface area contributed by atoms with E-state index in [4.69, 9.17) is 20.4 Å². The number of rotatable bonds is 38. The van der Waals surface area contributed by atoms with Crippen LogP contribution in [-0.2, 0) is 0 Å². The zero-order valence-corrected chi connectivity index (χ0v) is 32.4. The Kier molecular flexibility index (Phi) is 45.4. The molecular weight excluding hydrogens is 589 g/mol. The standard InChI is InChI=1S/C36H74S.C5H12O4/c1-3-5-7-9-11-13-15-17-19-21-23-25-27-29-31-33-35-37-36-34-32-30-28-26-24-22-20-18-16-14-12-10-8-6-4-2;6-1-5(2-7,3-8)4-9/h3-36H2,1-2H3;6-9H,1-4H2. The molecule has 0 aromatic rings. The summed E-state index contributed by atoms with van der Waals surface area (Å²) in [5, 5.41) is 34.0. The molecule has 0 aromatic carbocycles. The van der Waals surface area contributed by atoms with E-state index in [9.17, 15) is 0 Å². The minimum Gasteiger partial charge on any atom is -0.396 e. The van der Waals surface area contributed by atoms with E-state index in [2.05, 4.69) is 25.6 Å². The Balaban J connectivity index is 0. The quantitative estimate of drug-likeness (QED) is 0.0490. The van der Waals surface area contributed by atoms with Crippen molar-refractivity contribution in [2.24, 2.45) is 5.41 Å². The highest BCUT2D eigenvalue weighted by atomic mass is 32.2. The molecule has 5 heteroatoms. The maximum Gasteiger partial charge on any atom is 0.0627 e. The van der Waals surface area contributed by atoms with E-state index in [1.54, 1.807) is 0 Å². The number of aliphatic hydroxyl groups is 4. The van der Waals surface area contributed by atoms with Crippen molar-refractivity contribution < 1.29 is 20.4 Å². The van der Waals surface area contributed by atoms with Crippen molar-refractivity contribution in [2.45, 2.75) is 219 Å². The van der Waals surface area contributed by atoms with Crippen molar-refractivity contribution >= 4 is 11.8 Å². The normalized spacial score (nSPS) is 11.6. The lowest BCUT2D eigenvalue weighted by Crippen LogP contribution is -2.37. The molecule has 0 saturated heterocycles. The van der Waals surface area contributed by atoms with E-state index in [1.807, 2.05) is 0 Å². The molecule has 0 atom stereocenters. The molecular formula is C41H86O4S. The Morgan fingerprint density at radius 3 is 0.609 bits per heavy atom. The second kappa shape index (κ2) is 43.2. The zero-order chi connectivity index (χ0) is 34.1. The van der Waals surface area contributed by atoms with E-state index >= 15 is 0 Å². The topological polar surface area (TPSA) is 80.9 Å². The fourth-order valence-corrected chi connectivity index (χ4v) is 6.93. The Labute approximate surface area is 294 Å². The van der Waals surface area contributed by atoms with E-state index in [0.29, 0.717) is 0 Å². The largest absolute Gasteiger partial charge is 0.396 e. The predicted octanol–water partition coefficient (Wildman–Crippen LogP) is 12.2. The van der Waals surface area contributed by atoms with Crippen LogP contribution in [0, 0.1) is 5.41 Å². The second-order valence-electron chi connectivity index (χ2n) is 14.4. The van der Waals surface area contributed by atoms with Crippen LogP contribution >= 0.6 is 11.8 Å². The van der Waals surface area contributed by atoms with Crippen molar-refractivity contribution in [3.63, 3.8) is 0 Å². The minimum atomic E-state index is -1.11. The SMILES string of the molecule is CCCCCCCCCCCCCCCCCCSCCCCCCCCCCCCCCCCCC.OCC(CO)(CO)CO. The summed E-state index contributed by atoms with van der Waals surface area (Å²) in [7, 11) is 0. The molecule has 0 aliphatic carbocycles. The van der Waals surface area contributed by atoms with Gasteiger partial charge >= 0.3 is 0 Å². The highest BCUT2D eigenvalue weighted by molar-refractivity contribution is 7.99. The maximum absolute atomic E-state index is 8.50. The summed E-state index contributed by atoms with van der Waals surface area (Å²) in [5.74, 6) is 2.83. The first-order valence-corrected chi connectivity index (χ1v) is 21.8. The van der Waals surface area contributed by atoms with Crippen LogP contribution in [0.5, 0.6) is 0 Å². The first-order chi connectivity index (χ1) is 22.7. The summed E-state index contributed by atoms with van der Waals surface area (Å²) in [5.41, 5.74) is -1.11. The summed E-state index contributed by atoms with van der Waals surface area (Å²) >= 11 is 2.23. The first-order valence-electron chi connectivity index (χ1n) is 20.7. The number of hydrogen-bond acceptors (Lipinski definition) is 5. The van der Waals surface area contributed by atoms with Gasteiger partial charge in [-0.3, -0.25) is 0 Å². The van der Waals surface area contributed by atoms with Gasteiger partial charge in [0, 0.05) is 0 Å². The minimum absolute atomic E-state index is 0.406. The van der Waals surface area contributed by atoms with Gasteiger partial charge in [-0.15, -0.1) is 0 Å². The van der Waals surface area contributed by atoms with Gasteiger partial charge in [0.05, 0.1) is 31.8 Å².